The van der Waals surface area contributed by atoms with Crippen molar-refractivity contribution in [2.24, 2.45) is 7.05 Å². The molecule has 1 saturated heterocycles. The van der Waals surface area contributed by atoms with Gasteiger partial charge >= 0.3 is 6.03 Å². The highest BCUT2D eigenvalue weighted by atomic mass is 32.2. The number of sulfone groups is 1. The second-order valence-corrected chi connectivity index (χ2v) is 8.74. The summed E-state index contributed by atoms with van der Waals surface area (Å²) in [5, 5.41) is 2.90. The van der Waals surface area contributed by atoms with Crippen LogP contribution in [0.5, 0.6) is 0 Å². The predicted molar refractivity (Wildman–Crippen MR) is 98.1 cm³/mol. The SMILES string of the molecule is Cn1cccc1C1CCCN1C(=O)Nc1cccc(CS(C)(=O)=O)c1. The number of likely N-dealkylation sites (tertiary alicyclic amines) is 1. The van der Waals surface area contributed by atoms with E-state index in [2.05, 4.69) is 5.32 Å². The number of aromatic nitrogens is 1. The summed E-state index contributed by atoms with van der Waals surface area (Å²) in [6.45, 7) is 0.713. The number of nitrogens with one attached hydrogen (secondary N) is 1. The molecule has 2 heterocycles. The van der Waals surface area contributed by atoms with Crippen LogP contribution in [-0.2, 0) is 22.6 Å². The van der Waals surface area contributed by atoms with Gasteiger partial charge in [0.25, 0.3) is 0 Å². The Kier molecular flexibility index (Phi) is 4.85. The molecule has 6 nitrogen and oxygen atoms in total. The maximum absolute atomic E-state index is 12.7. The maximum atomic E-state index is 12.7. The molecule has 0 bridgehead atoms. The number of amides is 2. The van der Waals surface area contributed by atoms with E-state index < -0.39 is 9.84 Å². The fraction of sp³-hybridized carbons (Fsp3) is 0.389. The van der Waals surface area contributed by atoms with E-state index in [-0.39, 0.29) is 17.8 Å². The highest BCUT2D eigenvalue weighted by Gasteiger charge is 2.31. The summed E-state index contributed by atoms with van der Waals surface area (Å²) in [6, 6.07) is 10.9. The van der Waals surface area contributed by atoms with E-state index in [1.54, 1.807) is 24.3 Å². The van der Waals surface area contributed by atoms with Crippen LogP contribution in [-0.4, -0.2) is 36.7 Å². The normalized spacial score (nSPS) is 17.7. The predicted octanol–water partition coefficient (Wildman–Crippen LogP) is 2.94. The number of nitrogens with zero attached hydrogens (tertiary/aromatic N) is 2. The molecule has 1 atom stereocenters. The number of urea groups is 1. The number of rotatable bonds is 4. The molecule has 2 amide bonds. The van der Waals surface area contributed by atoms with Gasteiger partial charge in [-0.05, 0) is 42.7 Å². The molecular formula is C18H23N3O3S. The molecule has 0 radical (unpaired) electrons. The first-order valence-electron chi connectivity index (χ1n) is 8.29. The van der Waals surface area contributed by atoms with E-state index in [0.717, 1.165) is 18.5 Å². The zero-order valence-electron chi connectivity index (χ0n) is 14.5. The highest BCUT2D eigenvalue weighted by molar-refractivity contribution is 7.89. The number of carbonyl (C=O) groups excluding carboxylic acids is 1. The van der Waals surface area contributed by atoms with Crippen LogP contribution in [0.25, 0.3) is 0 Å². The summed E-state index contributed by atoms with van der Waals surface area (Å²) in [5.41, 5.74) is 2.41. The first-order valence-corrected chi connectivity index (χ1v) is 10.3. The molecule has 134 valence electrons. The Balaban J connectivity index is 1.74. The minimum absolute atomic E-state index is 0.0353. The molecule has 3 rings (SSSR count). The van der Waals surface area contributed by atoms with Gasteiger partial charge < -0.3 is 14.8 Å². The van der Waals surface area contributed by atoms with Crippen LogP contribution in [0.4, 0.5) is 10.5 Å². The van der Waals surface area contributed by atoms with Gasteiger partial charge in [0.15, 0.2) is 9.84 Å². The summed E-state index contributed by atoms with van der Waals surface area (Å²) in [7, 11) is -1.12. The number of hydrogen-bond donors (Lipinski definition) is 1. The maximum Gasteiger partial charge on any atom is 0.322 e. The summed E-state index contributed by atoms with van der Waals surface area (Å²) >= 11 is 0. The van der Waals surface area contributed by atoms with Gasteiger partial charge in [0.2, 0.25) is 0 Å². The first kappa shape index (κ1) is 17.5. The van der Waals surface area contributed by atoms with Crippen LogP contribution in [0.15, 0.2) is 42.6 Å². The van der Waals surface area contributed by atoms with Crippen molar-refractivity contribution >= 4 is 21.6 Å². The van der Waals surface area contributed by atoms with E-state index in [9.17, 15) is 13.2 Å². The molecule has 7 heteroatoms. The van der Waals surface area contributed by atoms with Crippen LogP contribution in [0.3, 0.4) is 0 Å². The third-order valence-electron chi connectivity index (χ3n) is 4.45. The van der Waals surface area contributed by atoms with Gasteiger partial charge in [0, 0.05) is 37.4 Å². The second kappa shape index (κ2) is 6.92. The number of carbonyl (C=O) groups is 1. The van der Waals surface area contributed by atoms with E-state index in [0.29, 0.717) is 17.8 Å². The highest BCUT2D eigenvalue weighted by Crippen LogP contribution is 2.32. The fourth-order valence-electron chi connectivity index (χ4n) is 3.37. The molecule has 1 aliphatic rings. The van der Waals surface area contributed by atoms with E-state index in [1.807, 2.05) is 34.8 Å². The Hall–Kier alpha value is -2.28. The van der Waals surface area contributed by atoms with Crippen LogP contribution in [0.2, 0.25) is 0 Å². The Bertz CT molecular complexity index is 873. The van der Waals surface area contributed by atoms with Crippen molar-refractivity contribution in [3.63, 3.8) is 0 Å². The van der Waals surface area contributed by atoms with Crippen molar-refractivity contribution in [3.05, 3.63) is 53.9 Å². The molecular weight excluding hydrogens is 338 g/mol. The van der Waals surface area contributed by atoms with Crippen molar-refractivity contribution < 1.29 is 13.2 Å². The Morgan fingerprint density at radius 3 is 2.76 bits per heavy atom. The topological polar surface area (TPSA) is 71.4 Å². The molecule has 1 fully saturated rings. The van der Waals surface area contributed by atoms with Gasteiger partial charge in [-0.25, -0.2) is 13.2 Å². The third-order valence-corrected chi connectivity index (χ3v) is 5.30. The third kappa shape index (κ3) is 4.22. The number of aryl methyl sites for hydroxylation is 1. The summed E-state index contributed by atoms with van der Waals surface area (Å²) in [4.78, 5) is 14.6. The van der Waals surface area contributed by atoms with Gasteiger partial charge in [-0.15, -0.1) is 0 Å². The van der Waals surface area contributed by atoms with Crippen LogP contribution < -0.4 is 5.32 Å². The molecule has 1 aliphatic heterocycles. The van der Waals surface area contributed by atoms with Gasteiger partial charge in [-0.1, -0.05) is 12.1 Å². The molecule has 2 aromatic rings. The molecule has 25 heavy (non-hydrogen) atoms. The average Bonchev–Trinajstić information content (AvgIpc) is 3.13. The largest absolute Gasteiger partial charge is 0.353 e. The van der Waals surface area contributed by atoms with Crippen LogP contribution in [0.1, 0.15) is 30.1 Å². The lowest BCUT2D eigenvalue weighted by atomic mass is 10.1. The molecule has 1 aromatic carbocycles. The minimum atomic E-state index is -3.11. The number of hydrogen-bond acceptors (Lipinski definition) is 3. The quantitative estimate of drug-likeness (QED) is 0.910. The van der Waals surface area contributed by atoms with Crippen molar-refractivity contribution in [2.45, 2.75) is 24.6 Å². The van der Waals surface area contributed by atoms with Gasteiger partial charge in [-0.3, -0.25) is 0 Å². The molecule has 0 aliphatic carbocycles. The first-order chi connectivity index (χ1) is 11.8. The Morgan fingerprint density at radius 1 is 1.28 bits per heavy atom. The summed E-state index contributed by atoms with van der Waals surface area (Å²) < 4.78 is 24.9. The van der Waals surface area contributed by atoms with Gasteiger partial charge in [0.1, 0.15) is 0 Å². The zero-order valence-corrected chi connectivity index (χ0v) is 15.3. The van der Waals surface area contributed by atoms with E-state index in [1.165, 1.54) is 6.26 Å². The lowest BCUT2D eigenvalue weighted by molar-refractivity contribution is 0.205. The Labute approximate surface area is 148 Å². The molecule has 0 spiro atoms. The lowest BCUT2D eigenvalue weighted by Crippen LogP contribution is -2.35. The smallest absolute Gasteiger partial charge is 0.322 e. The van der Waals surface area contributed by atoms with Crippen LogP contribution >= 0.6 is 0 Å². The zero-order chi connectivity index (χ0) is 18.0. The summed E-state index contributed by atoms with van der Waals surface area (Å²) in [5.74, 6) is -0.0353. The molecule has 1 aromatic heterocycles. The monoisotopic (exact) mass is 361 g/mol. The second-order valence-electron chi connectivity index (χ2n) is 6.60. The molecule has 1 N–H and O–H groups in total. The van der Waals surface area contributed by atoms with Crippen molar-refractivity contribution in [1.29, 1.82) is 0 Å². The summed E-state index contributed by atoms with van der Waals surface area (Å²) in [6.07, 6.45) is 5.10. The fourth-order valence-corrected chi connectivity index (χ4v) is 4.16. The number of anilines is 1. The molecule has 1 unspecified atom stereocenters. The van der Waals surface area contributed by atoms with E-state index in [4.69, 9.17) is 0 Å². The van der Waals surface area contributed by atoms with Crippen molar-refractivity contribution in [2.75, 3.05) is 18.1 Å². The number of benzene rings is 1. The average molecular weight is 361 g/mol. The molecule has 0 saturated carbocycles. The Morgan fingerprint density at radius 2 is 2.08 bits per heavy atom. The van der Waals surface area contributed by atoms with E-state index >= 15 is 0 Å². The minimum Gasteiger partial charge on any atom is -0.353 e. The lowest BCUT2D eigenvalue weighted by Gasteiger charge is -2.25. The van der Waals surface area contributed by atoms with Crippen molar-refractivity contribution in [3.8, 4) is 0 Å². The van der Waals surface area contributed by atoms with Gasteiger partial charge in [0.05, 0.1) is 11.8 Å². The van der Waals surface area contributed by atoms with Gasteiger partial charge in [-0.2, -0.15) is 0 Å². The van der Waals surface area contributed by atoms with Crippen molar-refractivity contribution in [1.82, 2.24) is 9.47 Å². The standard InChI is InChI=1S/C18H23N3O3S/c1-20-10-4-8-16(20)17-9-5-11-21(17)18(22)19-15-7-3-6-14(12-15)13-25(2,23)24/h3-4,6-8,10,12,17H,5,9,11,13H2,1-2H3,(H,19,22). The van der Waals surface area contributed by atoms with Crippen LogP contribution in [0, 0.1) is 0 Å².